The molecule has 5 nitrogen and oxygen atoms in total. The summed E-state index contributed by atoms with van der Waals surface area (Å²) in [6, 6.07) is 5.04. The van der Waals surface area contributed by atoms with Crippen molar-refractivity contribution in [2.75, 3.05) is 18.0 Å². The lowest BCUT2D eigenvalue weighted by atomic mass is 10.2. The van der Waals surface area contributed by atoms with Crippen LogP contribution in [0.1, 0.15) is 12.5 Å². The maximum Gasteiger partial charge on any atom is 0.331 e. The predicted octanol–water partition coefficient (Wildman–Crippen LogP) is 2.98. The maximum absolute atomic E-state index is 12.5. The second kappa shape index (κ2) is 6.96. The Labute approximate surface area is 124 Å². The van der Waals surface area contributed by atoms with Crippen molar-refractivity contribution >= 4 is 29.3 Å². The minimum atomic E-state index is -0.392. The van der Waals surface area contributed by atoms with Crippen molar-refractivity contribution in [2.45, 2.75) is 13.8 Å². The summed E-state index contributed by atoms with van der Waals surface area (Å²) in [5.74, 6) is -0.321. The third-order valence-electron chi connectivity index (χ3n) is 2.84. The van der Waals surface area contributed by atoms with Gasteiger partial charge in [0.25, 0.3) is 0 Å². The van der Waals surface area contributed by atoms with Crippen LogP contribution in [0.2, 0.25) is 5.02 Å². The molecule has 20 heavy (non-hydrogen) atoms. The van der Waals surface area contributed by atoms with Gasteiger partial charge in [0.15, 0.2) is 5.96 Å². The van der Waals surface area contributed by atoms with Crippen LogP contribution < -0.4 is 10.6 Å². The molecule has 0 saturated carbocycles. The highest BCUT2D eigenvalue weighted by Gasteiger charge is 2.24. The molecule has 0 bridgehead atoms. The summed E-state index contributed by atoms with van der Waals surface area (Å²) in [4.78, 5) is 15.2. The molecule has 0 unspecified atom stereocenters. The first-order valence-corrected chi connectivity index (χ1v) is 6.60. The second-order valence-corrected chi connectivity index (χ2v) is 4.62. The Kier molecular flexibility index (Phi) is 5.58. The van der Waals surface area contributed by atoms with E-state index in [1.54, 1.807) is 6.07 Å². The number of nitrogens with two attached hydrogens (primary N) is 1. The van der Waals surface area contributed by atoms with Gasteiger partial charge < -0.3 is 5.73 Å². The van der Waals surface area contributed by atoms with Gasteiger partial charge in [0.1, 0.15) is 0 Å². The largest absolute Gasteiger partial charge is 0.370 e. The van der Waals surface area contributed by atoms with Crippen LogP contribution in [-0.4, -0.2) is 30.0 Å². The van der Waals surface area contributed by atoms with Crippen LogP contribution in [-0.2, 0) is 0 Å². The molecule has 0 radical (unpaired) electrons. The molecule has 6 heteroatoms. The van der Waals surface area contributed by atoms with Crippen molar-refractivity contribution in [1.82, 2.24) is 4.90 Å². The van der Waals surface area contributed by atoms with Crippen molar-refractivity contribution in [1.29, 1.82) is 5.41 Å². The number of hydrogen-bond acceptors (Lipinski definition) is 2. The van der Waals surface area contributed by atoms with E-state index in [1.807, 2.05) is 26.0 Å². The van der Waals surface area contributed by atoms with E-state index in [2.05, 4.69) is 6.58 Å². The number of guanidine groups is 1. The van der Waals surface area contributed by atoms with Gasteiger partial charge in [-0.05, 0) is 25.5 Å². The summed E-state index contributed by atoms with van der Waals surface area (Å²) >= 11 is 6.19. The number of nitrogens with one attached hydrogen (secondary N) is 1. The highest BCUT2D eigenvalue weighted by Crippen LogP contribution is 2.30. The summed E-state index contributed by atoms with van der Waals surface area (Å²) in [5, 5.41) is 7.99. The van der Waals surface area contributed by atoms with Crippen molar-refractivity contribution in [2.24, 2.45) is 5.73 Å². The summed E-state index contributed by atoms with van der Waals surface area (Å²) < 4.78 is 0. The second-order valence-electron chi connectivity index (χ2n) is 4.22. The van der Waals surface area contributed by atoms with Crippen LogP contribution in [0.15, 0.2) is 30.9 Å². The number of benzene rings is 1. The van der Waals surface area contributed by atoms with Gasteiger partial charge in [-0.15, -0.1) is 6.58 Å². The lowest BCUT2D eigenvalue weighted by Gasteiger charge is -2.29. The molecule has 1 aromatic rings. The van der Waals surface area contributed by atoms with E-state index in [-0.39, 0.29) is 12.5 Å². The fourth-order valence-corrected chi connectivity index (χ4v) is 2.23. The molecule has 0 saturated heterocycles. The molecule has 0 fully saturated rings. The molecule has 1 rings (SSSR count). The minimum Gasteiger partial charge on any atom is -0.370 e. The average molecular weight is 295 g/mol. The van der Waals surface area contributed by atoms with Crippen LogP contribution in [0.3, 0.4) is 0 Å². The lowest BCUT2D eigenvalue weighted by Crippen LogP contribution is -2.49. The average Bonchev–Trinajstić information content (AvgIpc) is 2.39. The molecule has 108 valence electrons. The van der Waals surface area contributed by atoms with Gasteiger partial charge in [-0.3, -0.25) is 15.2 Å². The Morgan fingerprint density at radius 3 is 2.65 bits per heavy atom. The third kappa shape index (κ3) is 3.30. The number of rotatable bonds is 4. The normalized spacial score (nSPS) is 9.95. The number of amides is 2. The first kappa shape index (κ1) is 16.0. The van der Waals surface area contributed by atoms with Gasteiger partial charge in [0.2, 0.25) is 0 Å². The Bertz CT molecular complexity index is 510. The number of halogens is 1. The number of anilines is 1. The highest BCUT2D eigenvalue weighted by atomic mass is 35.5. The van der Waals surface area contributed by atoms with Gasteiger partial charge in [-0.1, -0.05) is 29.8 Å². The smallest absolute Gasteiger partial charge is 0.331 e. The van der Waals surface area contributed by atoms with E-state index in [0.29, 0.717) is 17.3 Å². The summed E-state index contributed by atoms with van der Waals surface area (Å²) in [6.45, 7) is 7.88. The van der Waals surface area contributed by atoms with E-state index >= 15 is 0 Å². The van der Waals surface area contributed by atoms with Crippen LogP contribution in [0, 0.1) is 12.3 Å². The number of para-hydroxylation sites is 1. The van der Waals surface area contributed by atoms with E-state index in [1.165, 1.54) is 11.0 Å². The number of carbonyl (C=O) groups is 1. The maximum atomic E-state index is 12.5. The van der Waals surface area contributed by atoms with Gasteiger partial charge in [0, 0.05) is 13.1 Å². The standard InChI is InChI=1S/C14H19ClN4O/c1-4-9-19(13(16)17)14(20)18(5-2)12-10(3)7-6-8-11(12)15/h4,6-8H,1,5,9H2,2-3H3,(H3,16,17). The molecule has 2 amide bonds. The van der Waals surface area contributed by atoms with Gasteiger partial charge in [0.05, 0.1) is 10.7 Å². The molecule has 0 aliphatic rings. The summed E-state index contributed by atoms with van der Waals surface area (Å²) in [6.07, 6.45) is 1.52. The molecule has 0 heterocycles. The highest BCUT2D eigenvalue weighted by molar-refractivity contribution is 6.34. The summed E-state index contributed by atoms with van der Waals surface area (Å²) in [5.41, 5.74) is 6.97. The molecule has 1 aromatic carbocycles. The number of carbonyl (C=O) groups excluding carboxylic acids is 1. The number of nitrogens with zero attached hydrogens (tertiary/aromatic N) is 2. The van der Waals surface area contributed by atoms with Crippen LogP contribution >= 0.6 is 11.6 Å². The predicted molar refractivity (Wildman–Crippen MR) is 83.4 cm³/mol. The lowest BCUT2D eigenvalue weighted by molar-refractivity contribution is 0.229. The molecule has 3 N–H and O–H groups in total. The van der Waals surface area contributed by atoms with Gasteiger partial charge in [-0.25, -0.2) is 4.79 Å². The fraction of sp³-hybridized carbons (Fsp3) is 0.286. The minimum absolute atomic E-state index is 0.175. The zero-order valence-electron chi connectivity index (χ0n) is 11.7. The van der Waals surface area contributed by atoms with E-state index < -0.39 is 6.03 Å². The Morgan fingerprint density at radius 2 is 2.20 bits per heavy atom. The number of hydrogen-bond donors (Lipinski definition) is 2. The Morgan fingerprint density at radius 1 is 1.55 bits per heavy atom. The molecule has 0 aliphatic heterocycles. The van der Waals surface area contributed by atoms with Crippen molar-refractivity contribution in [3.8, 4) is 0 Å². The quantitative estimate of drug-likeness (QED) is 0.509. The zero-order valence-corrected chi connectivity index (χ0v) is 12.4. The monoisotopic (exact) mass is 294 g/mol. The third-order valence-corrected chi connectivity index (χ3v) is 3.14. The van der Waals surface area contributed by atoms with E-state index in [4.69, 9.17) is 22.7 Å². The summed E-state index contributed by atoms with van der Waals surface area (Å²) in [7, 11) is 0. The van der Waals surface area contributed by atoms with Crippen LogP contribution in [0.4, 0.5) is 10.5 Å². The fourth-order valence-electron chi connectivity index (χ4n) is 1.91. The molecule has 0 aromatic heterocycles. The molecule has 0 spiro atoms. The topological polar surface area (TPSA) is 73.4 Å². The van der Waals surface area contributed by atoms with E-state index in [0.717, 1.165) is 10.5 Å². The number of aryl methyl sites for hydroxylation is 1. The Balaban J connectivity index is 3.21. The SMILES string of the molecule is C=CCN(C(=N)N)C(=O)N(CC)c1c(C)cccc1Cl. The van der Waals surface area contributed by atoms with Crippen molar-refractivity contribution < 1.29 is 4.79 Å². The first-order chi connectivity index (χ1) is 9.43. The Hall–Kier alpha value is -2.01. The van der Waals surface area contributed by atoms with Gasteiger partial charge >= 0.3 is 6.03 Å². The molecule has 0 atom stereocenters. The number of urea groups is 1. The van der Waals surface area contributed by atoms with Crippen LogP contribution in [0.5, 0.6) is 0 Å². The van der Waals surface area contributed by atoms with Crippen molar-refractivity contribution in [3.63, 3.8) is 0 Å². The zero-order chi connectivity index (χ0) is 15.3. The van der Waals surface area contributed by atoms with E-state index in [9.17, 15) is 4.79 Å². The molecule has 0 aliphatic carbocycles. The van der Waals surface area contributed by atoms with Crippen molar-refractivity contribution in [3.05, 3.63) is 41.4 Å². The van der Waals surface area contributed by atoms with Crippen LogP contribution in [0.25, 0.3) is 0 Å². The first-order valence-electron chi connectivity index (χ1n) is 6.23. The van der Waals surface area contributed by atoms with Gasteiger partial charge in [-0.2, -0.15) is 0 Å². The molecular weight excluding hydrogens is 276 g/mol. The molecular formula is C14H19ClN4O.